The van der Waals surface area contributed by atoms with E-state index in [-0.39, 0.29) is 5.97 Å². The molecule has 25 heavy (non-hydrogen) atoms. The Morgan fingerprint density at radius 3 is 2.72 bits per heavy atom. The van der Waals surface area contributed by atoms with Crippen molar-refractivity contribution in [3.63, 3.8) is 0 Å². The van der Waals surface area contributed by atoms with Gasteiger partial charge in [0.25, 0.3) is 0 Å². The summed E-state index contributed by atoms with van der Waals surface area (Å²) in [6, 6.07) is 8.23. The van der Waals surface area contributed by atoms with Crippen LogP contribution in [0.15, 0.2) is 36.7 Å². The van der Waals surface area contributed by atoms with Gasteiger partial charge in [-0.05, 0) is 42.7 Å². The molecule has 0 radical (unpaired) electrons. The average molecular weight is 338 g/mol. The van der Waals surface area contributed by atoms with Crippen molar-refractivity contribution in [2.75, 3.05) is 25.6 Å². The first-order chi connectivity index (χ1) is 12.1. The number of fused-ring (bicyclic) bond motifs is 1. The van der Waals surface area contributed by atoms with Crippen LogP contribution < -0.4 is 4.90 Å². The number of carbonyl (C=O) groups is 1. The fourth-order valence-electron chi connectivity index (χ4n) is 2.87. The van der Waals surface area contributed by atoms with E-state index in [0.717, 1.165) is 33.7 Å². The van der Waals surface area contributed by atoms with Crippen molar-refractivity contribution in [3.8, 4) is 11.3 Å². The number of esters is 1. The molecule has 0 aliphatic carbocycles. The Morgan fingerprint density at radius 1 is 1.20 bits per heavy atom. The molecule has 1 N–H and O–H groups in total. The molecule has 0 unspecified atom stereocenters. The number of H-pyrrole nitrogens is 1. The Hall–Kier alpha value is -2.89. The molecule has 0 fully saturated rings. The van der Waals surface area contributed by atoms with Gasteiger partial charge < -0.3 is 14.6 Å². The van der Waals surface area contributed by atoms with Crippen LogP contribution >= 0.6 is 0 Å². The molecule has 0 saturated heterocycles. The molecular weight excluding hydrogens is 316 g/mol. The summed E-state index contributed by atoms with van der Waals surface area (Å²) in [5.41, 5.74) is 5.81. The van der Waals surface area contributed by atoms with Gasteiger partial charge >= 0.3 is 5.97 Å². The van der Waals surface area contributed by atoms with Crippen molar-refractivity contribution in [1.29, 1.82) is 0 Å². The highest BCUT2D eigenvalue weighted by atomic mass is 16.5. The zero-order valence-electron chi connectivity index (χ0n) is 14.7. The summed E-state index contributed by atoms with van der Waals surface area (Å²) in [5.74, 6) is -0.170. The number of aromatic nitrogens is 3. The van der Waals surface area contributed by atoms with Crippen molar-refractivity contribution >= 4 is 22.8 Å². The Kier molecular flexibility index (Phi) is 4.97. The molecule has 6 heteroatoms. The first-order valence-corrected chi connectivity index (χ1v) is 8.34. The minimum atomic E-state index is -0.170. The highest BCUT2D eigenvalue weighted by Crippen LogP contribution is 2.28. The predicted octanol–water partition coefficient (Wildman–Crippen LogP) is 3.19. The standard InChI is InChI=1S/C19H22N4O2/c1-4-25-18(24)8-6-14-11-13(5-7-17(14)23(2)3)15-12-16-19(22-15)21-10-9-20-16/h5,7,9-12H,4,6,8H2,1-3H3,(H,21,22). The maximum Gasteiger partial charge on any atom is 0.306 e. The molecule has 3 aromatic rings. The van der Waals surface area contributed by atoms with Crippen LogP contribution in [0.3, 0.4) is 0 Å². The number of nitrogens with zero attached hydrogens (tertiary/aromatic N) is 3. The largest absolute Gasteiger partial charge is 0.466 e. The van der Waals surface area contributed by atoms with E-state index in [1.165, 1.54) is 0 Å². The van der Waals surface area contributed by atoms with Crippen molar-refractivity contribution in [1.82, 2.24) is 15.0 Å². The summed E-state index contributed by atoms with van der Waals surface area (Å²) in [4.78, 5) is 25.7. The highest BCUT2D eigenvalue weighted by molar-refractivity contribution is 5.80. The molecule has 0 aliphatic heterocycles. The van der Waals surface area contributed by atoms with Crippen LogP contribution in [0, 0.1) is 0 Å². The van der Waals surface area contributed by atoms with E-state index in [2.05, 4.69) is 38.1 Å². The summed E-state index contributed by atoms with van der Waals surface area (Å²) in [7, 11) is 4.00. The number of aryl methyl sites for hydroxylation is 1. The first-order valence-electron chi connectivity index (χ1n) is 8.34. The molecule has 6 nitrogen and oxygen atoms in total. The first kappa shape index (κ1) is 17.0. The third-order valence-corrected chi connectivity index (χ3v) is 4.04. The second kappa shape index (κ2) is 7.34. The smallest absolute Gasteiger partial charge is 0.306 e. The van der Waals surface area contributed by atoms with Gasteiger partial charge in [-0.3, -0.25) is 9.78 Å². The number of anilines is 1. The molecule has 0 bridgehead atoms. The van der Waals surface area contributed by atoms with Gasteiger partial charge in [-0.1, -0.05) is 6.07 Å². The summed E-state index contributed by atoms with van der Waals surface area (Å²) < 4.78 is 5.04. The molecule has 0 spiro atoms. The van der Waals surface area contributed by atoms with Gasteiger partial charge in [-0.15, -0.1) is 0 Å². The third-order valence-electron chi connectivity index (χ3n) is 4.04. The lowest BCUT2D eigenvalue weighted by atomic mass is 10.0. The molecule has 0 atom stereocenters. The second-order valence-corrected chi connectivity index (χ2v) is 6.02. The van der Waals surface area contributed by atoms with Crippen LogP contribution in [0.1, 0.15) is 18.9 Å². The Morgan fingerprint density at radius 2 is 2.00 bits per heavy atom. The predicted molar refractivity (Wildman–Crippen MR) is 98.6 cm³/mol. The van der Waals surface area contributed by atoms with E-state index in [1.807, 2.05) is 27.1 Å². The number of ether oxygens (including phenoxy) is 1. The van der Waals surface area contributed by atoms with Crippen LogP contribution in [-0.2, 0) is 16.0 Å². The maximum atomic E-state index is 11.7. The number of hydrogen-bond donors (Lipinski definition) is 1. The van der Waals surface area contributed by atoms with E-state index in [1.54, 1.807) is 12.4 Å². The molecule has 3 rings (SSSR count). The molecule has 2 heterocycles. The Labute approximate surface area is 146 Å². The minimum absolute atomic E-state index is 0.170. The molecule has 0 saturated carbocycles. The minimum Gasteiger partial charge on any atom is -0.466 e. The number of rotatable bonds is 6. The van der Waals surface area contributed by atoms with E-state index in [0.29, 0.717) is 19.4 Å². The molecule has 0 aliphatic rings. The van der Waals surface area contributed by atoms with Crippen LogP contribution in [0.2, 0.25) is 0 Å². The fourth-order valence-corrected chi connectivity index (χ4v) is 2.87. The fraction of sp³-hybridized carbons (Fsp3) is 0.316. The lowest BCUT2D eigenvalue weighted by Gasteiger charge is -2.18. The zero-order chi connectivity index (χ0) is 17.8. The van der Waals surface area contributed by atoms with Gasteiger partial charge in [-0.25, -0.2) is 4.98 Å². The summed E-state index contributed by atoms with van der Waals surface area (Å²) in [6.45, 7) is 2.23. The van der Waals surface area contributed by atoms with Crippen molar-refractivity contribution in [2.45, 2.75) is 19.8 Å². The maximum absolute atomic E-state index is 11.7. The lowest BCUT2D eigenvalue weighted by molar-refractivity contribution is -0.143. The summed E-state index contributed by atoms with van der Waals surface area (Å²) in [5, 5.41) is 0. The van der Waals surface area contributed by atoms with Crippen molar-refractivity contribution < 1.29 is 9.53 Å². The number of carbonyl (C=O) groups excluding carboxylic acids is 1. The quantitative estimate of drug-likeness (QED) is 0.699. The van der Waals surface area contributed by atoms with Gasteiger partial charge in [0.05, 0.1) is 6.61 Å². The monoisotopic (exact) mass is 338 g/mol. The normalized spacial score (nSPS) is 10.8. The van der Waals surface area contributed by atoms with Crippen molar-refractivity contribution in [3.05, 3.63) is 42.2 Å². The van der Waals surface area contributed by atoms with Gasteiger partial charge in [0, 0.05) is 44.3 Å². The SMILES string of the molecule is CCOC(=O)CCc1cc(-c2cc3nccnc3[nH]2)ccc1N(C)C. The van der Waals surface area contributed by atoms with E-state index < -0.39 is 0 Å². The van der Waals surface area contributed by atoms with E-state index in [4.69, 9.17) is 4.74 Å². The van der Waals surface area contributed by atoms with Gasteiger partial charge in [0.15, 0.2) is 5.65 Å². The Balaban J connectivity index is 1.92. The van der Waals surface area contributed by atoms with Crippen molar-refractivity contribution in [2.24, 2.45) is 0 Å². The molecule has 1 aromatic carbocycles. The Bertz CT molecular complexity index is 853. The molecule has 130 valence electrons. The highest BCUT2D eigenvalue weighted by Gasteiger charge is 2.12. The van der Waals surface area contributed by atoms with Crippen LogP contribution in [0.25, 0.3) is 22.4 Å². The number of benzene rings is 1. The molecular formula is C19H22N4O2. The topological polar surface area (TPSA) is 71.1 Å². The summed E-state index contributed by atoms with van der Waals surface area (Å²) >= 11 is 0. The van der Waals surface area contributed by atoms with Crippen LogP contribution in [-0.4, -0.2) is 41.6 Å². The van der Waals surface area contributed by atoms with Gasteiger partial charge in [-0.2, -0.15) is 0 Å². The number of hydrogen-bond acceptors (Lipinski definition) is 5. The van der Waals surface area contributed by atoms with Crippen LogP contribution in [0.4, 0.5) is 5.69 Å². The lowest BCUT2D eigenvalue weighted by Crippen LogP contribution is -2.13. The van der Waals surface area contributed by atoms with Gasteiger partial charge in [0.1, 0.15) is 5.52 Å². The third kappa shape index (κ3) is 3.79. The second-order valence-electron chi connectivity index (χ2n) is 6.02. The average Bonchev–Trinajstić information content (AvgIpc) is 3.04. The zero-order valence-corrected chi connectivity index (χ0v) is 14.7. The number of nitrogens with one attached hydrogen (secondary N) is 1. The van der Waals surface area contributed by atoms with Crippen LogP contribution in [0.5, 0.6) is 0 Å². The molecule has 0 amide bonds. The number of aromatic amines is 1. The van der Waals surface area contributed by atoms with Gasteiger partial charge in [0.2, 0.25) is 0 Å². The van der Waals surface area contributed by atoms with E-state index >= 15 is 0 Å². The summed E-state index contributed by atoms with van der Waals surface area (Å²) in [6.07, 6.45) is 4.35. The molecule has 2 aromatic heterocycles. The van der Waals surface area contributed by atoms with E-state index in [9.17, 15) is 4.79 Å².